The van der Waals surface area contributed by atoms with Crippen molar-refractivity contribution in [3.05, 3.63) is 54.2 Å². The molecule has 1 atom stereocenters. The van der Waals surface area contributed by atoms with Crippen LogP contribution >= 0.6 is 0 Å². The van der Waals surface area contributed by atoms with E-state index in [1.807, 2.05) is 37.3 Å². The molecule has 0 aliphatic heterocycles. The van der Waals surface area contributed by atoms with Gasteiger partial charge in [-0.1, -0.05) is 30.3 Å². The second-order valence-corrected chi connectivity index (χ2v) is 4.81. The highest BCUT2D eigenvalue weighted by molar-refractivity contribution is 5.92. The second kappa shape index (κ2) is 5.72. The maximum Gasteiger partial charge on any atom is 0.273 e. The molecule has 0 spiro atoms. The first-order chi connectivity index (χ1) is 10.6. The average molecular weight is 297 g/mol. The molecule has 7 heteroatoms. The Balaban J connectivity index is 1.74. The molecule has 0 saturated heterocycles. The molecule has 1 amide bonds. The molecule has 0 radical (unpaired) electrons. The van der Waals surface area contributed by atoms with Crippen molar-refractivity contribution < 1.29 is 9.21 Å². The molecular weight excluding hydrogens is 282 g/mol. The maximum atomic E-state index is 12.2. The third kappa shape index (κ3) is 2.69. The van der Waals surface area contributed by atoms with Gasteiger partial charge in [0, 0.05) is 0 Å². The fraction of sp³-hybridized carbons (Fsp3) is 0.133. The van der Waals surface area contributed by atoms with E-state index in [0.717, 1.165) is 5.56 Å². The number of nitrogens with one attached hydrogen (secondary N) is 2. The zero-order valence-corrected chi connectivity index (χ0v) is 11.9. The Morgan fingerprint density at radius 3 is 2.82 bits per heavy atom. The summed E-state index contributed by atoms with van der Waals surface area (Å²) in [6.07, 6.45) is 2.73. The first-order valence-corrected chi connectivity index (χ1v) is 6.75. The highest BCUT2D eigenvalue weighted by Gasteiger charge is 2.18. The summed E-state index contributed by atoms with van der Waals surface area (Å²) in [6, 6.07) is 9.54. The Kier molecular flexibility index (Phi) is 3.61. The minimum Gasteiger partial charge on any atom is -0.442 e. The Bertz CT molecular complexity index is 778. The van der Waals surface area contributed by atoms with Gasteiger partial charge in [-0.15, -0.1) is 0 Å². The van der Waals surface area contributed by atoms with Gasteiger partial charge in [-0.25, -0.2) is 9.97 Å². The van der Waals surface area contributed by atoms with Gasteiger partial charge in [-0.05, 0) is 12.5 Å². The zero-order chi connectivity index (χ0) is 15.5. The van der Waals surface area contributed by atoms with Crippen molar-refractivity contribution >= 4 is 11.7 Å². The molecular formula is C15H15N5O2. The highest BCUT2D eigenvalue weighted by Crippen LogP contribution is 2.21. The van der Waals surface area contributed by atoms with Crippen LogP contribution in [0.1, 0.15) is 29.0 Å². The summed E-state index contributed by atoms with van der Waals surface area (Å²) in [4.78, 5) is 23.0. The maximum absolute atomic E-state index is 12.2. The van der Waals surface area contributed by atoms with Crippen LogP contribution < -0.4 is 11.1 Å². The number of H-pyrrole nitrogens is 1. The lowest BCUT2D eigenvalue weighted by Crippen LogP contribution is -2.26. The molecule has 3 rings (SSSR count). The number of nitrogens with zero attached hydrogens (tertiary/aromatic N) is 2. The van der Waals surface area contributed by atoms with Crippen molar-refractivity contribution in [2.75, 3.05) is 5.73 Å². The first kappa shape index (κ1) is 13.9. The number of nitrogen functional groups attached to an aromatic ring is 1. The smallest absolute Gasteiger partial charge is 0.273 e. The molecule has 0 saturated carbocycles. The number of hydrogen-bond donors (Lipinski definition) is 3. The van der Waals surface area contributed by atoms with E-state index < -0.39 is 0 Å². The molecule has 2 aromatic heterocycles. The van der Waals surface area contributed by atoms with Crippen LogP contribution in [0.5, 0.6) is 0 Å². The van der Waals surface area contributed by atoms with Crippen molar-refractivity contribution in [1.29, 1.82) is 0 Å². The second-order valence-electron chi connectivity index (χ2n) is 4.81. The number of amides is 1. The van der Waals surface area contributed by atoms with E-state index in [-0.39, 0.29) is 29.4 Å². The van der Waals surface area contributed by atoms with Crippen LogP contribution in [-0.4, -0.2) is 20.9 Å². The van der Waals surface area contributed by atoms with Crippen LogP contribution in [0, 0.1) is 0 Å². The quantitative estimate of drug-likeness (QED) is 0.683. The van der Waals surface area contributed by atoms with Gasteiger partial charge < -0.3 is 20.5 Å². The minimum atomic E-state index is -0.315. The molecule has 22 heavy (non-hydrogen) atoms. The summed E-state index contributed by atoms with van der Waals surface area (Å²) < 4.78 is 5.28. The van der Waals surface area contributed by atoms with E-state index in [1.165, 1.54) is 12.6 Å². The Labute approximate surface area is 126 Å². The number of imidazole rings is 1. The predicted molar refractivity (Wildman–Crippen MR) is 80.8 cm³/mol. The number of carbonyl (C=O) groups is 1. The predicted octanol–water partition coefficient (Wildman–Crippen LogP) is 2.14. The number of aromatic nitrogens is 3. The van der Waals surface area contributed by atoms with E-state index in [1.54, 1.807) is 0 Å². The zero-order valence-electron chi connectivity index (χ0n) is 11.9. The number of rotatable bonds is 4. The van der Waals surface area contributed by atoms with E-state index in [0.29, 0.717) is 5.69 Å². The van der Waals surface area contributed by atoms with Gasteiger partial charge in [0.15, 0.2) is 11.5 Å². The number of hydrogen-bond acceptors (Lipinski definition) is 5. The van der Waals surface area contributed by atoms with Gasteiger partial charge in [0.1, 0.15) is 12.0 Å². The highest BCUT2D eigenvalue weighted by atomic mass is 16.3. The van der Waals surface area contributed by atoms with Crippen molar-refractivity contribution in [2.24, 2.45) is 0 Å². The molecule has 0 bridgehead atoms. The Morgan fingerprint density at radius 1 is 1.36 bits per heavy atom. The van der Waals surface area contributed by atoms with Crippen LogP contribution in [0.2, 0.25) is 0 Å². The lowest BCUT2D eigenvalue weighted by Gasteiger charge is -2.12. The fourth-order valence-electron chi connectivity index (χ4n) is 2.06. The lowest BCUT2D eigenvalue weighted by atomic mass is 10.1. The molecule has 2 heterocycles. The topological polar surface area (TPSA) is 110 Å². The molecule has 7 nitrogen and oxygen atoms in total. The lowest BCUT2D eigenvalue weighted by molar-refractivity contribution is 0.0935. The monoisotopic (exact) mass is 297 g/mol. The number of anilines is 1. The van der Waals surface area contributed by atoms with E-state index in [4.69, 9.17) is 10.2 Å². The van der Waals surface area contributed by atoms with Crippen molar-refractivity contribution in [3.63, 3.8) is 0 Å². The third-order valence-electron chi connectivity index (χ3n) is 3.27. The van der Waals surface area contributed by atoms with Gasteiger partial charge in [-0.2, -0.15) is 0 Å². The van der Waals surface area contributed by atoms with Gasteiger partial charge in [0.2, 0.25) is 5.89 Å². The van der Waals surface area contributed by atoms with Gasteiger partial charge in [0.25, 0.3) is 5.91 Å². The molecule has 0 aliphatic rings. The van der Waals surface area contributed by atoms with E-state index in [2.05, 4.69) is 20.3 Å². The normalized spacial score (nSPS) is 12.0. The molecule has 1 unspecified atom stereocenters. The summed E-state index contributed by atoms with van der Waals surface area (Å²) in [6.45, 7) is 1.90. The van der Waals surface area contributed by atoms with Crippen LogP contribution in [0.15, 0.2) is 47.3 Å². The number of oxazole rings is 1. The molecule has 0 fully saturated rings. The number of nitrogens with two attached hydrogens (primary N) is 1. The van der Waals surface area contributed by atoms with Crippen LogP contribution in [0.3, 0.4) is 0 Å². The largest absolute Gasteiger partial charge is 0.442 e. The van der Waals surface area contributed by atoms with Crippen molar-refractivity contribution in [2.45, 2.75) is 13.0 Å². The fourth-order valence-corrected chi connectivity index (χ4v) is 2.06. The molecule has 112 valence electrons. The number of benzene rings is 1. The summed E-state index contributed by atoms with van der Waals surface area (Å²) in [7, 11) is 0. The number of aromatic amines is 1. The van der Waals surface area contributed by atoms with Crippen LogP contribution in [-0.2, 0) is 0 Å². The molecule has 4 N–H and O–H groups in total. The van der Waals surface area contributed by atoms with Gasteiger partial charge >= 0.3 is 0 Å². The van der Waals surface area contributed by atoms with E-state index >= 15 is 0 Å². The standard InChI is InChI=1S/C15H15N5O2/c1-9(10-5-3-2-4-6-10)19-14(21)11-7-22-15(20-11)12-13(16)18-8-17-12/h2-9H,16H2,1H3,(H,17,18)(H,19,21). The SMILES string of the molecule is CC(NC(=O)c1coc(-c2[nH]cnc2N)n1)c1ccccc1. The summed E-state index contributed by atoms with van der Waals surface area (Å²) in [5.74, 6) is 0.184. The van der Waals surface area contributed by atoms with Crippen molar-refractivity contribution in [3.8, 4) is 11.6 Å². The Morgan fingerprint density at radius 2 is 2.14 bits per heavy atom. The minimum absolute atomic E-state index is 0.133. The third-order valence-corrected chi connectivity index (χ3v) is 3.27. The molecule has 1 aromatic carbocycles. The molecule has 3 aromatic rings. The summed E-state index contributed by atoms with van der Waals surface area (Å²) in [5.41, 5.74) is 7.32. The van der Waals surface area contributed by atoms with Gasteiger partial charge in [-0.3, -0.25) is 4.79 Å². The summed E-state index contributed by atoms with van der Waals surface area (Å²) >= 11 is 0. The average Bonchev–Trinajstić information content (AvgIpc) is 3.16. The van der Waals surface area contributed by atoms with Gasteiger partial charge in [0.05, 0.1) is 12.4 Å². The van der Waals surface area contributed by atoms with Crippen molar-refractivity contribution in [1.82, 2.24) is 20.3 Å². The summed E-state index contributed by atoms with van der Waals surface area (Å²) in [5, 5.41) is 2.87. The Hall–Kier alpha value is -3.09. The molecule has 0 aliphatic carbocycles. The number of carbonyl (C=O) groups excluding carboxylic acids is 1. The van der Waals surface area contributed by atoms with Crippen LogP contribution in [0.25, 0.3) is 11.6 Å². The van der Waals surface area contributed by atoms with Crippen LogP contribution in [0.4, 0.5) is 5.82 Å². The van der Waals surface area contributed by atoms with E-state index in [9.17, 15) is 4.79 Å². The first-order valence-electron chi connectivity index (χ1n) is 6.75.